The van der Waals surface area contributed by atoms with Crippen molar-refractivity contribution < 1.29 is 23.0 Å². The van der Waals surface area contributed by atoms with Gasteiger partial charge in [-0.05, 0) is 68.2 Å². The average Bonchev–Trinajstić information content (AvgIpc) is 3.43. The number of rotatable bonds is 9. The van der Waals surface area contributed by atoms with Crippen LogP contribution in [0.25, 0.3) is 10.8 Å². The zero-order chi connectivity index (χ0) is 31.0. The van der Waals surface area contributed by atoms with Crippen LogP contribution in [0.3, 0.4) is 0 Å². The highest BCUT2D eigenvalue weighted by Crippen LogP contribution is 2.42. The molecular weight excluding hydrogens is 578 g/mol. The fraction of sp³-hybridized carbons (Fsp3) is 0.588. The minimum atomic E-state index is -0.819. The normalized spacial score (nSPS) is 23.7. The number of ether oxygens (including phenoxy) is 3. The van der Waals surface area contributed by atoms with Crippen molar-refractivity contribution in [3.05, 3.63) is 46.9 Å². The molecule has 0 spiro atoms. The van der Waals surface area contributed by atoms with Gasteiger partial charge in [0.1, 0.15) is 24.3 Å². The van der Waals surface area contributed by atoms with Crippen molar-refractivity contribution in [1.82, 2.24) is 20.3 Å². The Morgan fingerprint density at radius 3 is 2.84 bits per heavy atom. The molecule has 0 saturated carbocycles. The second-order valence-electron chi connectivity index (χ2n) is 12.9. The Morgan fingerprint density at radius 2 is 1.98 bits per heavy atom. The smallest absolute Gasteiger partial charge is 0.318 e. The van der Waals surface area contributed by atoms with Crippen LogP contribution >= 0.6 is 0 Å². The number of nitrogens with one attached hydrogen (secondary N) is 1. The van der Waals surface area contributed by atoms with E-state index in [9.17, 15) is 4.39 Å². The lowest BCUT2D eigenvalue weighted by atomic mass is 9.95. The first kappa shape index (κ1) is 30.4. The molecule has 11 heteroatoms. The van der Waals surface area contributed by atoms with E-state index in [-0.39, 0.29) is 18.1 Å². The molecule has 0 aliphatic carbocycles. The lowest BCUT2D eigenvalue weighted by Crippen LogP contribution is -2.44. The summed E-state index contributed by atoms with van der Waals surface area (Å²) in [6.07, 6.45) is 6.33. The fourth-order valence-corrected chi connectivity index (χ4v) is 7.85. The van der Waals surface area contributed by atoms with Crippen LogP contribution in [0, 0.1) is 5.82 Å². The van der Waals surface area contributed by atoms with Gasteiger partial charge in [0, 0.05) is 62.4 Å². The van der Waals surface area contributed by atoms with E-state index in [2.05, 4.69) is 20.2 Å². The van der Waals surface area contributed by atoms with E-state index in [1.54, 1.807) is 7.11 Å². The van der Waals surface area contributed by atoms with Crippen molar-refractivity contribution in [2.24, 2.45) is 0 Å². The lowest BCUT2D eigenvalue weighted by molar-refractivity contribution is 0.0512. The van der Waals surface area contributed by atoms with E-state index < -0.39 is 6.17 Å². The van der Waals surface area contributed by atoms with Crippen LogP contribution in [0.2, 0.25) is 0 Å². The predicted octanol–water partition coefficient (Wildman–Crippen LogP) is 5.33. The van der Waals surface area contributed by atoms with Crippen molar-refractivity contribution >= 4 is 22.3 Å². The second-order valence-corrected chi connectivity index (χ2v) is 12.9. The number of hydrogen-bond donors (Lipinski definition) is 1. The van der Waals surface area contributed by atoms with Crippen LogP contribution in [0.15, 0.2) is 24.3 Å². The van der Waals surface area contributed by atoms with Gasteiger partial charge in [0.2, 0.25) is 0 Å². The molecule has 7 rings (SSSR count). The zero-order valence-corrected chi connectivity index (χ0v) is 26.4. The maximum Gasteiger partial charge on any atom is 0.318 e. The number of nitrogens with zero attached hydrogens (tertiary/aromatic N) is 5. The van der Waals surface area contributed by atoms with Crippen LogP contribution < -0.4 is 24.8 Å². The summed E-state index contributed by atoms with van der Waals surface area (Å²) in [5.74, 6) is 1.34. The highest BCUT2D eigenvalue weighted by Gasteiger charge is 2.49. The maximum atomic E-state index is 15.1. The summed E-state index contributed by atoms with van der Waals surface area (Å²) < 4.78 is 47.1. The van der Waals surface area contributed by atoms with Crippen molar-refractivity contribution in [1.29, 1.82) is 0 Å². The van der Waals surface area contributed by atoms with E-state index in [0.717, 1.165) is 91.8 Å². The number of hydrogen-bond acceptors (Lipinski definition) is 9. The lowest BCUT2D eigenvalue weighted by Gasteiger charge is -2.35. The van der Waals surface area contributed by atoms with Crippen LogP contribution in [0.4, 0.5) is 20.3 Å². The van der Waals surface area contributed by atoms with Gasteiger partial charge in [-0.15, -0.1) is 0 Å². The van der Waals surface area contributed by atoms with Crippen molar-refractivity contribution in [3.63, 3.8) is 0 Å². The Labute approximate surface area is 263 Å². The van der Waals surface area contributed by atoms with E-state index in [0.29, 0.717) is 49.9 Å². The molecule has 9 nitrogen and oxygen atoms in total. The van der Waals surface area contributed by atoms with Gasteiger partial charge in [-0.25, -0.2) is 14.2 Å². The molecule has 4 aliphatic rings. The third-order valence-electron chi connectivity index (χ3n) is 10.0. The first-order valence-corrected chi connectivity index (χ1v) is 16.5. The standard InChI is InChI=1S/C34H44F2N6O3/c1-3-26-28(36)9-8-23-16-25(45-22-43-2)17-30(31(23)26)40-15-10-27-29(20-40)38-33(39-32(27)42-14-6-4-5-12-37-42)44-21-34-11-7-13-41(34)19-24(35)18-34/h8-9,16-17,24,37H,3-7,10-15,18-22H2,1-2H3/t24-,34+/m1/s1. The minimum Gasteiger partial charge on any atom is -0.467 e. The molecule has 1 N–H and O–H groups in total. The number of alkyl halides is 1. The second kappa shape index (κ2) is 12.8. The average molecular weight is 623 g/mol. The summed E-state index contributed by atoms with van der Waals surface area (Å²) in [5.41, 5.74) is 6.90. The number of fused-ring (bicyclic) bond motifs is 3. The molecule has 0 bridgehead atoms. The van der Waals surface area contributed by atoms with Gasteiger partial charge >= 0.3 is 6.01 Å². The topological polar surface area (TPSA) is 75.2 Å². The Kier molecular flexibility index (Phi) is 8.67. The summed E-state index contributed by atoms with van der Waals surface area (Å²) in [6.45, 7) is 6.86. The molecule has 3 fully saturated rings. The third-order valence-corrected chi connectivity index (χ3v) is 10.0. The van der Waals surface area contributed by atoms with Gasteiger partial charge < -0.3 is 19.1 Å². The van der Waals surface area contributed by atoms with Crippen LogP contribution in [-0.2, 0) is 24.1 Å². The van der Waals surface area contributed by atoms with E-state index in [1.807, 2.05) is 25.1 Å². The molecule has 2 atom stereocenters. The van der Waals surface area contributed by atoms with Gasteiger partial charge in [-0.3, -0.25) is 9.91 Å². The highest BCUT2D eigenvalue weighted by molar-refractivity contribution is 5.98. The van der Waals surface area contributed by atoms with E-state index in [1.165, 1.54) is 12.5 Å². The first-order valence-electron chi connectivity index (χ1n) is 16.5. The largest absolute Gasteiger partial charge is 0.467 e. The van der Waals surface area contributed by atoms with Crippen molar-refractivity contribution in [3.8, 4) is 11.8 Å². The molecule has 1 aromatic heterocycles. The number of anilines is 2. The SMILES string of the molecule is CCc1c(F)ccc2cc(OCOC)cc(N3CCc4c(nc(OC[C@@]56CCCN5C[C@H](F)C6)nc4N4CCCCCN4)C3)c12. The van der Waals surface area contributed by atoms with Gasteiger partial charge in [0.25, 0.3) is 0 Å². The summed E-state index contributed by atoms with van der Waals surface area (Å²) in [6, 6.07) is 7.62. The summed E-state index contributed by atoms with van der Waals surface area (Å²) in [5, 5.41) is 3.99. The number of hydrazine groups is 1. The molecule has 0 amide bonds. The summed E-state index contributed by atoms with van der Waals surface area (Å²) in [7, 11) is 1.59. The Bertz CT molecular complexity index is 1530. The molecule has 3 aromatic rings. The Hall–Kier alpha value is -3.28. The number of aryl methyl sites for hydroxylation is 1. The predicted molar refractivity (Wildman–Crippen MR) is 170 cm³/mol. The molecule has 0 radical (unpaired) electrons. The number of methoxy groups -OCH3 is 1. The zero-order valence-electron chi connectivity index (χ0n) is 26.4. The highest BCUT2D eigenvalue weighted by atomic mass is 19.1. The van der Waals surface area contributed by atoms with Crippen LogP contribution in [0.1, 0.15) is 62.3 Å². The number of benzene rings is 2. The van der Waals surface area contributed by atoms with Gasteiger partial charge in [0.15, 0.2) is 12.6 Å². The van der Waals surface area contributed by atoms with Crippen LogP contribution in [0.5, 0.6) is 11.8 Å². The third kappa shape index (κ3) is 5.90. The molecule has 3 saturated heterocycles. The Morgan fingerprint density at radius 1 is 1.07 bits per heavy atom. The van der Waals surface area contributed by atoms with Crippen molar-refractivity contribution in [2.45, 2.75) is 76.5 Å². The van der Waals surface area contributed by atoms with E-state index in [4.69, 9.17) is 24.2 Å². The molecular formula is C34H44F2N6O3. The Balaban J connectivity index is 1.26. The van der Waals surface area contributed by atoms with Crippen LogP contribution in [-0.4, -0.2) is 79.8 Å². The summed E-state index contributed by atoms with van der Waals surface area (Å²) in [4.78, 5) is 14.5. The molecule has 45 heavy (non-hydrogen) atoms. The first-order chi connectivity index (χ1) is 22.0. The number of halogens is 2. The molecule has 0 unspecified atom stereocenters. The van der Waals surface area contributed by atoms with Crippen molar-refractivity contribution in [2.75, 3.05) is 63.1 Å². The fourth-order valence-electron chi connectivity index (χ4n) is 7.85. The minimum absolute atomic E-state index is 0.123. The molecule has 2 aromatic carbocycles. The molecule has 4 aliphatic heterocycles. The quantitative estimate of drug-likeness (QED) is 0.319. The van der Waals surface area contributed by atoms with E-state index >= 15 is 4.39 Å². The maximum absolute atomic E-state index is 15.1. The van der Waals surface area contributed by atoms with Gasteiger partial charge in [-0.2, -0.15) is 9.97 Å². The number of aromatic nitrogens is 2. The molecule has 5 heterocycles. The van der Waals surface area contributed by atoms with Gasteiger partial charge in [0.05, 0.1) is 17.8 Å². The summed E-state index contributed by atoms with van der Waals surface area (Å²) >= 11 is 0. The van der Waals surface area contributed by atoms with Gasteiger partial charge in [-0.1, -0.05) is 19.4 Å². The molecule has 242 valence electrons. The monoisotopic (exact) mass is 622 g/mol.